The van der Waals surface area contributed by atoms with E-state index in [-0.39, 0.29) is 38.1 Å². The van der Waals surface area contributed by atoms with Gasteiger partial charge in [-0.25, -0.2) is 12.1 Å². The van der Waals surface area contributed by atoms with E-state index in [1.807, 2.05) is 42.7 Å². The van der Waals surface area contributed by atoms with Crippen molar-refractivity contribution in [2.24, 2.45) is 0 Å². The smallest absolute Gasteiger partial charge is 0.359 e. The Morgan fingerprint density at radius 3 is 2.24 bits per heavy atom. The molecule has 2 aliphatic rings. The average Bonchev–Trinajstić information content (AvgIpc) is 3.25. The first kappa shape index (κ1) is 21.2. The largest absolute Gasteiger partial charge is 2.00 e. The molecule has 0 radical (unpaired) electrons. The summed E-state index contributed by atoms with van der Waals surface area (Å²) in [6.45, 7) is -0.0975. The quantitative estimate of drug-likeness (QED) is 0.188. The first-order valence-corrected chi connectivity index (χ1v) is 11.0. The zero-order valence-corrected chi connectivity index (χ0v) is 22.3. The molecule has 5 aromatic rings. The first-order chi connectivity index (χ1) is 16.4. The molecule has 7 rings (SSSR count). The van der Waals surface area contributed by atoms with E-state index < -0.39 is 0 Å². The number of para-hydroxylation sites is 3. The van der Waals surface area contributed by atoms with Gasteiger partial charge in [-0.2, -0.15) is 24.3 Å². The molecule has 0 fully saturated rings. The Morgan fingerprint density at radius 2 is 1.41 bits per heavy atom. The third kappa shape index (κ3) is 3.14. The fourth-order valence-corrected chi connectivity index (χ4v) is 4.97. The maximum absolute atomic E-state index is 4.79. The minimum Gasteiger partial charge on any atom is -0.359 e. The summed E-state index contributed by atoms with van der Waals surface area (Å²) in [7, 11) is 0. The zero-order valence-electron chi connectivity index (χ0n) is 18.2. The SMILES string of the molecule is [U+2].[c-]1ccccc1-c1[c-]c(N2B3c4cccnc4-c4ccccc4N3c3ccccc32)ncc1. The summed E-state index contributed by atoms with van der Waals surface area (Å²) in [6, 6.07) is 38.0. The van der Waals surface area contributed by atoms with Crippen LogP contribution in [0.3, 0.4) is 0 Å². The summed E-state index contributed by atoms with van der Waals surface area (Å²) in [5, 5.41) is 0. The molecule has 0 unspecified atom stereocenters. The Balaban J connectivity index is 0.00000217. The predicted octanol–water partition coefficient (Wildman–Crippen LogP) is 5.41. The van der Waals surface area contributed by atoms with Gasteiger partial charge in [0.2, 0.25) is 0 Å². The second-order valence-corrected chi connectivity index (χ2v) is 8.14. The normalized spacial score (nSPS) is 12.9. The van der Waals surface area contributed by atoms with Gasteiger partial charge in [0.05, 0.1) is 22.9 Å². The van der Waals surface area contributed by atoms with E-state index >= 15 is 0 Å². The topological polar surface area (TPSA) is 32.3 Å². The van der Waals surface area contributed by atoms with E-state index in [4.69, 9.17) is 9.97 Å². The Bertz CT molecular complexity index is 1510. The number of pyridine rings is 2. The van der Waals surface area contributed by atoms with Crippen LogP contribution >= 0.6 is 0 Å². The van der Waals surface area contributed by atoms with Crippen molar-refractivity contribution in [3.8, 4) is 22.4 Å². The van der Waals surface area contributed by atoms with Gasteiger partial charge in [0, 0.05) is 17.4 Å². The van der Waals surface area contributed by atoms with Crippen LogP contribution < -0.4 is 15.1 Å². The van der Waals surface area contributed by atoms with Gasteiger partial charge in [-0.15, -0.1) is 6.07 Å². The molecule has 3 aromatic carbocycles. The number of fused-ring (bicyclic) bond motifs is 8. The monoisotopic (exact) mass is 658 g/mol. The molecular weight excluding hydrogens is 641 g/mol. The molecule has 34 heavy (non-hydrogen) atoms. The van der Waals surface area contributed by atoms with Crippen molar-refractivity contribution in [3.05, 3.63) is 116 Å². The van der Waals surface area contributed by atoms with Gasteiger partial charge in [0.15, 0.2) is 0 Å². The number of anilines is 4. The maximum Gasteiger partial charge on any atom is 2.00 e. The summed E-state index contributed by atoms with van der Waals surface area (Å²) >= 11 is 0. The van der Waals surface area contributed by atoms with Crippen molar-refractivity contribution in [1.82, 2.24) is 9.97 Å². The van der Waals surface area contributed by atoms with Crippen LogP contribution in [0.25, 0.3) is 22.4 Å². The van der Waals surface area contributed by atoms with Gasteiger partial charge in [0.1, 0.15) is 0 Å². The molecule has 0 spiro atoms. The number of aromatic nitrogens is 2. The standard InChI is InChI=1S/C28H17BN4.U/c1-2-9-20(10-3-1)21-16-18-30-27(19-21)33-26-15-7-6-14-25(26)32-24-13-5-4-11-22(24)28-23(29(32)33)12-8-17-31-28;/h1-9,11-18H;/q-2;+2. The first-order valence-electron chi connectivity index (χ1n) is 11.0. The van der Waals surface area contributed by atoms with Crippen LogP contribution in [-0.4, -0.2) is 17.0 Å². The van der Waals surface area contributed by atoms with Crippen molar-refractivity contribution in [1.29, 1.82) is 0 Å². The maximum atomic E-state index is 4.79. The van der Waals surface area contributed by atoms with Crippen molar-refractivity contribution in [2.45, 2.75) is 0 Å². The van der Waals surface area contributed by atoms with E-state index in [1.54, 1.807) is 0 Å². The van der Waals surface area contributed by atoms with E-state index in [2.05, 4.69) is 82.4 Å². The summed E-state index contributed by atoms with van der Waals surface area (Å²) in [5.74, 6) is 0.777. The second-order valence-electron chi connectivity index (χ2n) is 8.14. The second kappa shape index (κ2) is 8.47. The molecule has 0 amide bonds. The Kier molecular flexibility index (Phi) is 5.29. The number of nitrogens with zero attached hydrogens (tertiary/aromatic N) is 4. The molecule has 4 nitrogen and oxygen atoms in total. The van der Waals surface area contributed by atoms with Crippen LogP contribution in [0, 0.1) is 43.2 Å². The fraction of sp³-hybridized carbons (Fsp3) is 0. The molecule has 2 aliphatic heterocycles. The molecule has 0 atom stereocenters. The molecule has 2 aromatic heterocycles. The third-order valence-electron chi connectivity index (χ3n) is 6.34. The molecule has 156 valence electrons. The van der Waals surface area contributed by atoms with Crippen LogP contribution in [-0.2, 0) is 0 Å². The molecule has 0 aliphatic carbocycles. The van der Waals surface area contributed by atoms with Crippen molar-refractivity contribution < 1.29 is 31.1 Å². The zero-order chi connectivity index (χ0) is 21.8. The minimum absolute atomic E-state index is 0. The number of benzene rings is 3. The van der Waals surface area contributed by atoms with Gasteiger partial charge in [-0.3, -0.25) is 21.1 Å². The van der Waals surface area contributed by atoms with Gasteiger partial charge in [-0.05, 0) is 35.9 Å². The van der Waals surface area contributed by atoms with Crippen LogP contribution in [0.1, 0.15) is 0 Å². The van der Waals surface area contributed by atoms with Crippen molar-refractivity contribution in [3.63, 3.8) is 0 Å². The molecule has 0 saturated heterocycles. The summed E-state index contributed by atoms with van der Waals surface area (Å²) in [5.41, 5.74) is 8.68. The molecule has 0 saturated carbocycles. The van der Waals surface area contributed by atoms with E-state index in [1.165, 1.54) is 0 Å². The van der Waals surface area contributed by atoms with E-state index in [0.29, 0.717) is 0 Å². The van der Waals surface area contributed by atoms with E-state index in [9.17, 15) is 0 Å². The predicted molar refractivity (Wildman–Crippen MR) is 133 cm³/mol. The molecule has 4 heterocycles. The fourth-order valence-electron chi connectivity index (χ4n) is 4.97. The number of rotatable bonds is 2. The Hall–Kier alpha value is -3.32. The van der Waals surface area contributed by atoms with Crippen LogP contribution in [0.15, 0.2) is 103 Å². The summed E-state index contributed by atoms with van der Waals surface area (Å²) < 4.78 is 0. The van der Waals surface area contributed by atoms with E-state index in [0.717, 1.165) is 50.7 Å². The van der Waals surface area contributed by atoms with Crippen LogP contribution in [0.2, 0.25) is 0 Å². The average molecular weight is 658 g/mol. The molecular formula is C28H17BN4U. The summed E-state index contributed by atoms with van der Waals surface area (Å²) in [4.78, 5) is 14.2. The van der Waals surface area contributed by atoms with Crippen molar-refractivity contribution in [2.75, 3.05) is 9.62 Å². The third-order valence-corrected chi connectivity index (χ3v) is 6.34. The Labute approximate surface area is 222 Å². The van der Waals surface area contributed by atoms with Crippen LogP contribution in [0.5, 0.6) is 0 Å². The van der Waals surface area contributed by atoms with Gasteiger partial charge >= 0.3 is 38.1 Å². The number of hydrogen-bond donors (Lipinski definition) is 0. The van der Waals surface area contributed by atoms with Gasteiger partial charge in [-0.1, -0.05) is 36.4 Å². The van der Waals surface area contributed by atoms with Gasteiger partial charge in [0.25, 0.3) is 0 Å². The molecule has 0 bridgehead atoms. The molecule has 6 heteroatoms. The van der Waals surface area contributed by atoms with Crippen LogP contribution in [0.4, 0.5) is 22.9 Å². The Morgan fingerprint density at radius 1 is 0.647 bits per heavy atom. The van der Waals surface area contributed by atoms with Gasteiger partial charge < -0.3 is 9.62 Å². The van der Waals surface area contributed by atoms with Crippen molar-refractivity contribution >= 4 is 35.3 Å². The summed E-state index contributed by atoms with van der Waals surface area (Å²) in [6.07, 6.45) is 3.72. The molecule has 0 N–H and O–H groups in total. The minimum atomic E-state index is -0.0975. The number of hydrogen-bond acceptors (Lipinski definition) is 4.